The smallest absolute Gasteiger partial charge is 0.178 e. The molecule has 2 unspecified atom stereocenters. The second kappa shape index (κ2) is 3.78. The van der Waals surface area contributed by atoms with Gasteiger partial charge in [-0.3, -0.25) is 5.21 Å². The first-order valence-corrected chi connectivity index (χ1v) is 7.09. The Morgan fingerprint density at radius 1 is 1.53 bits per heavy atom. The first-order valence-electron chi connectivity index (χ1n) is 5.91. The minimum absolute atomic E-state index is 0.0158. The van der Waals surface area contributed by atoms with Gasteiger partial charge in [-0.2, -0.15) is 0 Å². The Morgan fingerprint density at radius 2 is 2.35 bits per heavy atom. The third-order valence-corrected chi connectivity index (χ3v) is 5.62. The van der Waals surface area contributed by atoms with Gasteiger partial charge in [-0.05, 0) is 32.3 Å². The molecule has 0 spiro atoms. The number of amidine groups is 1. The lowest BCUT2D eigenvalue weighted by Gasteiger charge is -2.34. The molecular formula is C12H17N3OS. The Labute approximate surface area is 104 Å². The summed E-state index contributed by atoms with van der Waals surface area (Å²) in [6, 6.07) is 0.436. The van der Waals surface area contributed by atoms with Gasteiger partial charge in [0, 0.05) is 28.2 Å². The van der Waals surface area contributed by atoms with Crippen LogP contribution in [0.15, 0.2) is 33.4 Å². The van der Waals surface area contributed by atoms with Gasteiger partial charge in [-0.25, -0.2) is 4.99 Å². The van der Waals surface area contributed by atoms with E-state index in [4.69, 9.17) is 0 Å². The SMILES string of the molecule is CC1(C)CN2C(=NC=C3CC=CCC32)S1=NO. The number of rotatable bonds is 0. The molecule has 3 aliphatic rings. The fraction of sp³-hybridized carbons (Fsp3) is 0.583. The maximum Gasteiger partial charge on any atom is 0.178 e. The average Bonchev–Trinajstić information content (AvgIpc) is 2.59. The highest BCUT2D eigenvalue weighted by atomic mass is 32.2. The molecule has 2 heterocycles. The van der Waals surface area contributed by atoms with Crippen LogP contribution in [-0.4, -0.2) is 32.6 Å². The summed E-state index contributed by atoms with van der Waals surface area (Å²) >= 11 is 0. The van der Waals surface area contributed by atoms with Crippen LogP contribution in [0.3, 0.4) is 0 Å². The van der Waals surface area contributed by atoms with E-state index in [2.05, 4.69) is 40.4 Å². The largest absolute Gasteiger partial charge is 0.342 e. The van der Waals surface area contributed by atoms with Crippen molar-refractivity contribution in [3.8, 4) is 0 Å². The van der Waals surface area contributed by atoms with E-state index in [1.165, 1.54) is 5.57 Å². The van der Waals surface area contributed by atoms with Crippen LogP contribution in [0.5, 0.6) is 0 Å². The van der Waals surface area contributed by atoms with Crippen molar-refractivity contribution in [3.63, 3.8) is 0 Å². The standard InChI is InChI=1S/C12H17N3OS/c1-12(2)8-15-10-6-4-3-5-9(10)7-13-11(15)17(12)14-16/h3-4,7,10,16H,5-6,8H2,1-2H3. The Hall–Kier alpha value is -0.940. The minimum Gasteiger partial charge on any atom is -0.342 e. The summed E-state index contributed by atoms with van der Waals surface area (Å²) < 4.78 is 3.55. The molecule has 2 aliphatic heterocycles. The van der Waals surface area contributed by atoms with E-state index in [1.807, 2.05) is 6.20 Å². The molecule has 1 aliphatic carbocycles. The Bertz CT molecular complexity index is 476. The first kappa shape index (κ1) is 11.2. The second-order valence-corrected chi connectivity index (χ2v) is 7.50. The van der Waals surface area contributed by atoms with E-state index in [1.54, 1.807) is 0 Å². The van der Waals surface area contributed by atoms with Gasteiger partial charge in [-0.15, -0.1) is 4.53 Å². The van der Waals surface area contributed by atoms with E-state index in [0.29, 0.717) is 6.04 Å². The zero-order valence-electron chi connectivity index (χ0n) is 10.1. The molecule has 1 saturated heterocycles. The predicted molar refractivity (Wildman–Crippen MR) is 70.0 cm³/mol. The zero-order chi connectivity index (χ0) is 12.0. The van der Waals surface area contributed by atoms with Gasteiger partial charge in [0.2, 0.25) is 0 Å². The topological polar surface area (TPSA) is 48.2 Å². The molecule has 2 atom stereocenters. The third-order valence-electron chi connectivity index (χ3n) is 3.60. The lowest BCUT2D eigenvalue weighted by Crippen LogP contribution is -2.41. The van der Waals surface area contributed by atoms with Crippen molar-refractivity contribution in [2.45, 2.75) is 37.5 Å². The van der Waals surface area contributed by atoms with Gasteiger partial charge < -0.3 is 4.90 Å². The van der Waals surface area contributed by atoms with Crippen molar-refractivity contribution in [3.05, 3.63) is 23.9 Å². The summed E-state index contributed by atoms with van der Waals surface area (Å²) in [5.74, 6) is 0. The van der Waals surface area contributed by atoms with Crippen LogP contribution in [0.1, 0.15) is 26.7 Å². The molecule has 1 N–H and O–H groups in total. The maximum absolute atomic E-state index is 9.23. The van der Waals surface area contributed by atoms with Gasteiger partial charge in [0.25, 0.3) is 0 Å². The van der Waals surface area contributed by atoms with Crippen LogP contribution < -0.4 is 0 Å². The Balaban J connectivity index is 2.04. The molecule has 0 aromatic carbocycles. The molecular weight excluding hydrogens is 234 g/mol. The van der Waals surface area contributed by atoms with E-state index >= 15 is 0 Å². The molecule has 0 aromatic heterocycles. The summed E-state index contributed by atoms with van der Waals surface area (Å²) in [5, 5.41) is 10.2. The quantitative estimate of drug-likeness (QED) is 0.530. The van der Waals surface area contributed by atoms with Gasteiger partial charge >= 0.3 is 0 Å². The van der Waals surface area contributed by atoms with Crippen LogP contribution in [0, 0.1) is 0 Å². The molecule has 0 radical (unpaired) electrons. The molecule has 3 rings (SSSR count). The average molecular weight is 251 g/mol. The normalized spacial score (nSPS) is 34.2. The van der Waals surface area contributed by atoms with Crippen LogP contribution in [-0.2, 0) is 10.7 Å². The first-order chi connectivity index (χ1) is 8.13. The monoisotopic (exact) mass is 251 g/mol. The molecule has 5 heteroatoms. The summed E-state index contributed by atoms with van der Waals surface area (Å²) in [7, 11) is -0.488. The molecule has 4 nitrogen and oxygen atoms in total. The van der Waals surface area contributed by atoms with E-state index in [9.17, 15) is 5.21 Å². The van der Waals surface area contributed by atoms with Gasteiger partial charge in [0.1, 0.15) is 0 Å². The number of fused-ring (bicyclic) bond motifs is 3. The fourth-order valence-corrected chi connectivity index (χ4v) is 4.36. The Kier molecular flexibility index (Phi) is 2.48. The Morgan fingerprint density at radius 3 is 3.12 bits per heavy atom. The highest BCUT2D eigenvalue weighted by molar-refractivity contribution is 8.04. The van der Waals surface area contributed by atoms with E-state index < -0.39 is 10.7 Å². The summed E-state index contributed by atoms with van der Waals surface area (Å²) in [4.78, 5) is 6.86. The molecule has 0 aromatic rings. The lowest BCUT2D eigenvalue weighted by molar-refractivity contribution is 0.323. The van der Waals surface area contributed by atoms with Crippen molar-refractivity contribution < 1.29 is 5.21 Å². The van der Waals surface area contributed by atoms with Gasteiger partial charge in [0.15, 0.2) is 5.17 Å². The molecule has 0 bridgehead atoms. The van der Waals surface area contributed by atoms with Crippen LogP contribution >= 0.6 is 0 Å². The molecule has 0 amide bonds. The van der Waals surface area contributed by atoms with Crippen molar-refractivity contribution in [2.24, 2.45) is 9.52 Å². The van der Waals surface area contributed by atoms with Crippen molar-refractivity contribution in [1.82, 2.24) is 4.90 Å². The van der Waals surface area contributed by atoms with E-state index in [-0.39, 0.29) is 4.75 Å². The minimum atomic E-state index is -0.488. The lowest BCUT2D eigenvalue weighted by atomic mass is 9.93. The van der Waals surface area contributed by atoms with Gasteiger partial charge in [-0.1, -0.05) is 12.2 Å². The molecule has 0 saturated carbocycles. The number of hydrogen-bond donors (Lipinski definition) is 1. The number of allylic oxidation sites excluding steroid dienone is 1. The predicted octanol–water partition coefficient (Wildman–Crippen LogP) is 2.24. The summed E-state index contributed by atoms with van der Waals surface area (Å²) in [6.45, 7) is 5.22. The van der Waals surface area contributed by atoms with Crippen molar-refractivity contribution >= 4 is 15.9 Å². The number of nitrogens with zero attached hydrogens (tertiary/aromatic N) is 3. The highest BCUT2D eigenvalue weighted by Gasteiger charge is 2.45. The molecule has 17 heavy (non-hydrogen) atoms. The second-order valence-electron chi connectivity index (χ2n) is 5.30. The highest BCUT2D eigenvalue weighted by Crippen LogP contribution is 2.36. The molecule has 92 valence electrons. The maximum atomic E-state index is 9.23. The fourth-order valence-electron chi connectivity index (χ4n) is 2.75. The third kappa shape index (κ3) is 1.60. The molecule has 1 fully saturated rings. The van der Waals surface area contributed by atoms with Crippen LogP contribution in [0.2, 0.25) is 0 Å². The zero-order valence-corrected chi connectivity index (χ0v) is 10.9. The summed E-state index contributed by atoms with van der Waals surface area (Å²) in [6.07, 6.45) is 8.48. The van der Waals surface area contributed by atoms with Crippen LogP contribution in [0.4, 0.5) is 0 Å². The van der Waals surface area contributed by atoms with Crippen LogP contribution in [0.25, 0.3) is 0 Å². The van der Waals surface area contributed by atoms with Crippen molar-refractivity contribution in [1.29, 1.82) is 0 Å². The number of aliphatic imine (C=N–C) groups is 1. The summed E-state index contributed by atoms with van der Waals surface area (Å²) in [5.41, 5.74) is 1.38. The van der Waals surface area contributed by atoms with Crippen molar-refractivity contribution in [2.75, 3.05) is 6.54 Å². The number of hydrogen-bond acceptors (Lipinski definition) is 3. The van der Waals surface area contributed by atoms with E-state index in [0.717, 1.165) is 24.6 Å². The van der Waals surface area contributed by atoms with Gasteiger partial charge in [0.05, 0.1) is 6.04 Å².